The summed E-state index contributed by atoms with van der Waals surface area (Å²) < 4.78 is 18.1. The summed E-state index contributed by atoms with van der Waals surface area (Å²) in [5, 5.41) is 3.15. The third-order valence-electron chi connectivity index (χ3n) is 3.74. The van der Waals surface area contributed by atoms with Crippen molar-refractivity contribution in [1.29, 1.82) is 0 Å². The molecule has 0 fully saturated rings. The number of aryl methyl sites for hydroxylation is 1. The van der Waals surface area contributed by atoms with Crippen LogP contribution in [0.25, 0.3) is 0 Å². The van der Waals surface area contributed by atoms with Gasteiger partial charge in [-0.3, -0.25) is 0 Å². The molecule has 4 nitrogen and oxygen atoms in total. The first-order chi connectivity index (χ1) is 12.2. The summed E-state index contributed by atoms with van der Waals surface area (Å²) in [6, 6.07) is 12.2. The van der Waals surface area contributed by atoms with E-state index in [9.17, 15) is 0 Å². The number of hydrogen-bond acceptors (Lipinski definition) is 4. The largest absolute Gasteiger partial charge is 0.493 e. The van der Waals surface area contributed by atoms with Crippen molar-refractivity contribution in [2.24, 2.45) is 0 Å². The minimum Gasteiger partial charge on any atom is -0.493 e. The van der Waals surface area contributed by atoms with Gasteiger partial charge in [-0.25, -0.2) is 0 Å². The van der Waals surface area contributed by atoms with Crippen LogP contribution in [0, 0.1) is 0 Å². The van der Waals surface area contributed by atoms with Gasteiger partial charge < -0.3 is 19.5 Å². The molecule has 0 saturated heterocycles. The Bertz CT molecular complexity index is 659. The number of ether oxygens (including phenoxy) is 3. The molecule has 0 spiro atoms. The second-order valence-electron chi connectivity index (χ2n) is 5.72. The van der Waals surface area contributed by atoms with E-state index in [1.165, 1.54) is 5.56 Å². The van der Waals surface area contributed by atoms with Crippen LogP contribution < -0.4 is 19.5 Å². The summed E-state index contributed by atoms with van der Waals surface area (Å²) in [4.78, 5) is 0. The van der Waals surface area contributed by atoms with Crippen molar-refractivity contribution in [3.8, 4) is 17.2 Å². The molecule has 2 aromatic rings. The first-order valence-electron chi connectivity index (χ1n) is 8.53. The van der Waals surface area contributed by atoms with Crippen LogP contribution in [-0.4, -0.2) is 27.4 Å². The molecule has 0 aliphatic rings. The number of rotatable bonds is 10. The minimum atomic E-state index is 0.450. The fourth-order valence-corrected chi connectivity index (χ4v) is 3.09. The van der Waals surface area contributed by atoms with Crippen molar-refractivity contribution in [3.05, 3.63) is 52.0 Å². The quantitative estimate of drug-likeness (QED) is 0.584. The molecular formula is C20H26BrNO3. The van der Waals surface area contributed by atoms with Crippen LogP contribution in [0.4, 0.5) is 0 Å². The molecule has 1 N–H and O–H groups in total. The van der Waals surface area contributed by atoms with E-state index in [0.717, 1.165) is 34.4 Å². The van der Waals surface area contributed by atoms with E-state index in [2.05, 4.69) is 40.3 Å². The summed E-state index contributed by atoms with van der Waals surface area (Å²) >= 11 is 3.50. The van der Waals surface area contributed by atoms with Gasteiger partial charge in [-0.15, -0.1) is 0 Å². The average Bonchev–Trinajstić information content (AvgIpc) is 2.61. The van der Waals surface area contributed by atoms with E-state index in [-0.39, 0.29) is 0 Å². The van der Waals surface area contributed by atoms with Gasteiger partial charge in [-0.1, -0.05) is 41.4 Å². The van der Waals surface area contributed by atoms with E-state index < -0.39 is 0 Å². The highest BCUT2D eigenvalue weighted by Gasteiger charge is 2.12. The van der Waals surface area contributed by atoms with Gasteiger partial charge in [-0.2, -0.15) is 0 Å². The summed E-state index contributed by atoms with van der Waals surface area (Å²) in [7, 11) is 3.55. The summed E-state index contributed by atoms with van der Waals surface area (Å²) in [5.41, 5.74) is 2.38. The molecule has 0 saturated carbocycles. The van der Waals surface area contributed by atoms with Crippen molar-refractivity contribution < 1.29 is 14.2 Å². The standard InChI is InChI=1S/C20H26BrNO3/c1-4-5-15-6-8-18(9-7-15)24-10-11-25-20-16(14-22-2)12-17(21)13-19(20)23-3/h6-9,12-13,22H,4-5,10-11,14H2,1-3H3. The second kappa shape index (κ2) is 10.3. The Morgan fingerprint density at radius 3 is 2.40 bits per heavy atom. The second-order valence-corrected chi connectivity index (χ2v) is 6.63. The van der Waals surface area contributed by atoms with E-state index >= 15 is 0 Å². The van der Waals surface area contributed by atoms with E-state index in [1.807, 2.05) is 31.3 Å². The fourth-order valence-electron chi connectivity index (χ4n) is 2.60. The Kier molecular flexibility index (Phi) is 8.09. The molecule has 0 radical (unpaired) electrons. The van der Waals surface area contributed by atoms with Crippen LogP contribution in [0.5, 0.6) is 17.2 Å². The maximum Gasteiger partial charge on any atom is 0.165 e. The highest BCUT2D eigenvalue weighted by atomic mass is 79.9. The van der Waals surface area contributed by atoms with Crippen LogP contribution in [-0.2, 0) is 13.0 Å². The molecule has 0 aliphatic carbocycles. The summed E-state index contributed by atoms with van der Waals surface area (Å²) in [6.07, 6.45) is 2.25. The minimum absolute atomic E-state index is 0.450. The number of benzene rings is 2. The molecule has 0 aromatic heterocycles. The van der Waals surface area contributed by atoms with Crippen LogP contribution in [0.1, 0.15) is 24.5 Å². The highest BCUT2D eigenvalue weighted by Crippen LogP contribution is 2.34. The summed E-state index contributed by atoms with van der Waals surface area (Å²) in [6.45, 7) is 3.81. The SMILES string of the molecule is CCCc1ccc(OCCOc2c(CNC)cc(Br)cc2OC)cc1. The zero-order valence-corrected chi connectivity index (χ0v) is 16.7. The van der Waals surface area contributed by atoms with Gasteiger partial charge in [0.2, 0.25) is 0 Å². The Hall–Kier alpha value is -1.72. The molecule has 25 heavy (non-hydrogen) atoms. The van der Waals surface area contributed by atoms with Gasteiger partial charge in [0.05, 0.1) is 7.11 Å². The molecule has 0 amide bonds. The van der Waals surface area contributed by atoms with E-state index in [0.29, 0.717) is 25.5 Å². The molecule has 0 bridgehead atoms. The maximum absolute atomic E-state index is 5.94. The maximum atomic E-state index is 5.94. The van der Waals surface area contributed by atoms with Gasteiger partial charge in [0.1, 0.15) is 19.0 Å². The van der Waals surface area contributed by atoms with Gasteiger partial charge in [0, 0.05) is 16.6 Å². The predicted octanol–water partition coefficient (Wildman–Crippen LogP) is 4.59. The zero-order chi connectivity index (χ0) is 18.1. The number of methoxy groups -OCH3 is 1. The lowest BCUT2D eigenvalue weighted by molar-refractivity contribution is 0.209. The van der Waals surface area contributed by atoms with E-state index in [4.69, 9.17) is 14.2 Å². The summed E-state index contributed by atoms with van der Waals surface area (Å²) in [5.74, 6) is 2.33. The monoisotopic (exact) mass is 407 g/mol. The molecule has 0 aliphatic heterocycles. The molecule has 2 aromatic carbocycles. The van der Waals surface area contributed by atoms with Gasteiger partial charge in [-0.05, 0) is 43.3 Å². The third kappa shape index (κ3) is 5.94. The van der Waals surface area contributed by atoms with Crippen LogP contribution in [0.3, 0.4) is 0 Å². The van der Waals surface area contributed by atoms with E-state index in [1.54, 1.807) is 7.11 Å². The Morgan fingerprint density at radius 1 is 1.04 bits per heavy atom. The van der Waals surface area contributed by atoms with Crippen LogP contribution in [0.15, 0.2) is 40.9 Å². The zero-order valence-electron chi connectivity index (χ0n) is 15.1. The fraction of sp³-hybridized carbons (Fsp3) is 0.400. The van der Waals surface area contributed by atoms with Crippen molar-refractivity contribution in [2.45, 2.75) is 26.3 Å². The number of nitrogens with one attached hydrogen (secondary N) is 1. The molecule has 0 unspecified atom stereocenters. The Morgan fingerprint density at radius 2 is 1.76 bits per heavy atom. The van der Waals surface area contributed by atoms with Gasteiger partial charge in [0.25, 0.3) is 0 Å². The Balaban J connectivity index is 1.92. The normalized spacial score (nSPS) is 10.6. The first kappa shape index (κ1) is 19.6. The highest BCUT2D eigenvalue weighted by molar-refractivity contribution is 9.10. The first-order valence-corrected chi connectivity index (χ1v) is 9.32. The molecular weight excluding hydrogens is 382 g/mol. The van der Waals surface area contributed by atoms with Gasteiger partial charge in [0.15, 0.2) is 11.5 Å². The van der Waals surface area contributed by atoms with Gasteiger partial charge >= 0.3 is 0 Å². The lowest BCUT2D eigenvalue weighted by atomic mass is 10.1. The molecule has 0 heterocycles. The van der Waals surface area contributed by atoms with Crippen molar-refractivity contribution in [3.63, 3.8) is 0 Å². The molecule has 5 heteroatoms. The molecule has 2 rings (SSSR count). The molecule has 0 atom stereocenters. The molecule has 136 valence electrons. The Labute approximate surface area is 158 Å². The van der Waals surface area contributed by atoms with Crippen molar-refractivity contribution >= 4 is 15.9 Å². The lowest BCUT2D eigenvalue weighted by Crippen LogP contribution is -2.13. The van der Waals surface area contributed by atoms with Crippen molar-refractivity contribution in [2.75, 3.05) is 27.4 Å². The lowest BCUT2D eigenvalue weighted by Gasteiger charge is -2.16. The number of halogens is 1. The van der Waals surface area contributed by atoms with Crippen molar-refractivity contribution in [1.82, 2.24) is 5.32 Å². The van der Waals surface area contributed by atoms with Crippen LogP contribution in [0.2, 0.25) is 0 Å². The van der Waals surface area contributed by atoms with Crippen LogP contribution >= 0.6 is 15.9 Å². The topological polar surface area (TPSA) is 39.7 Å². The number of hydrogen-bond donors (Lipinski definition) is 1. The smallest absolute Gasteiger partial charge is 0.165 e. The third-order valence-corrected chi connectivity index (χ3v) is 4.20. The predicted molar refractivity (Wildman–Crippen MR) is 105 cm³/mol. The average molecular weight is 408 g/mol.